The van der Waals surface area contributed by atoms with Gasteiger partial charge in [-0.1, -0.05) is 31.4 Å². The van der Waals surface area contributed by atoms with Crippen molar-refractivity contribution in [3.8, 4) is 0 Å². The predicted molar refractivity (Wildman–Crippen MR) is 92.3 cm³/mol. The molecule has 2 atom stereocenters. The number of nitrogens with one attached hydrogen (secondary N) is 2. The molecule has 1 amide bonds. The lowest BCUT2D eigenvalue weighted by molar-refractivity contribution is -0.129. The van der Waals surface area contributed by atoms with Crippen molar-refractivity contribution < 1.29 is 9.18 Å². The third kappa shape index (κ3) is 2.97. The molecule has 3 nitrogen and oxygen atoms in total. The zero-order valence-electron chi connectivity index (χ0n) is 14.2. The second-order valence-electron chi connectivity index (χ2n) is 7.93. The molecule has 3 aliphatic rings. The molecule has 0 aromatic heterocycles. The van der Waals surface area contributed by atoms with Gasteiger partial charge in [0.1, 0.15) is 5.82 Å². The summed E-state index contributed by atoms with van der Waals surface area (Å²) >= 11 is 0. The Hall–Kier alpha value is -1.42. The standard InChI is InChI=1S/C20H27FN2O/c21-15-6-4-5-14(11-15)20(9-2-1-3-10-20)19(24)23-18-12-16-7-8-17(13-18)22-16/h4-6,11,16-18,22H,1-3,7-10,12-13H2,(H,23,24). The summed E-state index contributed by atoms with van der Waals surface area (Å²) in [5.74, 6) is -0.121. The van der Waals surface area contributed by atoms with Gasteiger partial charge in [-0.3, -0.25) is 4.79 Å². The summed E-state index contributed by atoms with van der Waals surface area (Å²) in [6, 6.07) is 8.08. The number of hydrogen-bond acceptors (Lipinski definition) is 2. The van der Waals surface area contributed by atoms with Crippen molar-refractivity contribution >= 4 is 5.91 Å². The van der Waals surface area contributed by atoms with Crippen molar-refractivity contribution in [2.45, 2.75) is 81.3 Å². The summed E-state index contributed by atoms with van der Waals surface area (Å²) in [7, 11) is 0. The average molecular weight is 330 g/mol. The summed E-state index contributed by atoms with van der Waals surface area (Å²) in [4.78, 5) is 13.3. The Bertz CT molecular complexity index is 599. The highest BCUT2D eigenvalue weighted by Gasteiger charge is 2.43. The zero-order valence-corrected chi connectivity index (χ0v) is 14.2. The van der Waals surface area contributed by atoms with Crippen molar-refractivity contribution in [3.05, 3.63) is 35.6 Å². The topological polar surface area (TPSA) is 41.1 Å². The molecule has 2 aliphatic heterocycles. The van der Waals surface area contributed by atoms with Crippen molar-refractivity contribution in [1.29, 1.82) is 0 Å². The fourth-order valence-corrected chi connectivity index (χ4v) is 5.09. The smallest absolute Gasteiger partial charge is 0.230 e. The van der Waals surface area contributed by atoms with Gasteiger partial charge in [0.25, 0.3) is 0 Å². The van der Waals surface area contributed by atoms with E-state index in [4.69, 9.17) is 0 Å². The molecular formula is C20H27FN2O. The van der Waals surface area contributed by atoms with Crippen molar-refractivity contribution in [2.24, 2.45) is 0 Å². The summed E-state index contributed by atoms with van der Waals surface area (Å²) in [5.41, 5.74) is 0.321. The van der Waals surface area contributed by atoms with Gasteiger partial charge in [0.2, 0.25) is 5.91 Å². The summed E-state index contributed by atoms with van der Waals surface area (Å²) in [6.45, 7) is 0. The Labute approximate surface area is 143 Å². The van der Waals surface area contributed by atoms with Crippen LogP contribution in [0.15, 0.2) is 24.3 Å². The Morgan fingerprint density at radius 2 is 1.83 bits per heavy atom. The molecule has 130 valence electrons. The van der Waals surface area contributed by atoms with Crippen LogP contribution in [-0.4, -0.2) is 24.0 Å². The van der Waals surface area contributed by atoms with Crippen LogP contribution in [-0.2, 0) is 10.2 Å². The minimum absolute atomic E-state index is 0.124. The van der Waals surface area contributed by atoms with Gasteiger partial charge >= 0.3 is 0 Å². The number of rotatable bonds is 3. The Kier molecular flexibility index (Phi) is 4.33. The maximum Gasteiger partial charge on any atom is 0.230 e. The molecule has 2 bridgehead atoms. The van der Waals surface area contributed by atoms with E-state index in [0.717, 1.165) is 44.1 Å². The van der Waals surface area contributed by atoms with E-state index < -0.39 is 5.41 Å². The fraction of sp³-hybridized carbons (Fsp3) is 0.650. The molecule has 3 fully saturated rings. The van der Waals surface area contributed by atoms with Crippen LogP contribution in [0.3, 0.4) is 0 Å². The van der Waals surface area contributed by atoms with Gasteiger partial charge in [-0.15, -0.1) is 0 Å². The first-order valence-corrected chi connectivity index (χ1v) is 9.49. The van der Waals surface area contributed by atoms with E-state index in [9.17, 15) is 9.18 Å². The van der Waals surface area contributed by atoms with E-state index in [1.54, 1.807) is 12.1 Å². The number of hydrogen-bond donors (Lipinski definition) is 2. The molecule has 2 unspecified atom stereocenters. The first kappa shape index (κ1) is 16.1. The molecule has 1 aromatic rings. The van der Waals surface area contributed by atoms with Gasteiger partial charge in [-0.05, 0) is 56.2 Å². The summed E-state index contributed by atoms with van der Waals surface area (Å²) < 4.78 is 13.8. The van der Waals surface area contributed by atoms with Gasteiger partial charge in [-0.25, -0.2) is 4.39 Å². The van der Waals surface area contributed by atoms with Crippen LogP contribution in [0.4, 0.5) is 4.39 Å². The highest BCUT2D eigenvalue weighted by Crippen LogP contribution is 2.40. The van der Waals surface area contributed by atoms with Gasteiger partial charge in [0.15, 0.2) is 0 Å². The van der Waals surface area contributed by atoms with Crippen LogP contribution in [0.2, 0.25) is 0 Å². The van der Waals surface area contributed by atoms with Crippen LogP contribution < -0.4 is 10.6 Å². The molecule has 0 spiro atoms. The lowest BCUT2D eigenvalue weighted by Gasteiger charge is -2.39. The molecular weight excluding hydrogens is 303 g/mol. The minimum atomic E-state index is -0.537. The van der Waals surface area contributed by atoms with E-state index in [0.29, 0.717) is 12.1 Å². The largest absolute Gasteiger partial charge is 0.352 e. The lowest BCUT2D eigenvalue weighted by atomic mass is 9.68. The second kappa shape index (κ2) is 6.47. The fourth-order valence-electron chi connectivity index (χ4n) is 5.09. The van der Waals surface area contributed by atoms with Crippen LogP contribution in [0.1, 0.15) is 63.4 Å². The first-order valence-electron chi connectivity index (χ1n) is 9.49. The van der Waals surface area contributed by atoms with E-state index in [2.05, 4.69) is 10.6 Å². The van der Waals surface area contributed by atoms with Crippen molar-refractivity contribution in [3.63, 3.8) is 0 Å². The average Bonchev–Trinajstić information content (AvgIpc) is 2.94. The van der Waals surface area contributed by atoms with E-state index in [-0.39, 0.29) is 17.8 Å². The Morgan fingerprint density at radius 1 is 1.12 bits per heavy atom. The molecule has 2 N–H and O–H groups in total. The van der Waals surface area contributed by atoms with E-state index in [1.807, 2.05) is 6.07 Å². The number of carbonyl (C=O) groups is 1. The summed E-state index contributed by atoms with van der Waals surface area (Å²) in [5, 5.41) is 6.97. The zero-order chi connectivity index (χ0) is 16.6. The normalized spacial score (nSPS) is 31.6. The molecule has 2 heterocycles. The molecule has 2 saturated heterocycles. The number of carbonyl (C=O) groups excluding carboxylic acids is 1. The molecule has 1 aliphatic carbocycles. The molecule has 0 radical (unpaired) electrons. The van der Waals surface area contributed by atoms with Gasteiger partial charge in [-0.2, -0.15) is 0 Å². The lowest BCUT2D eigenvalue weighted by Crippen LogP contribution is -2.53. The molecule has 24 heavy (non-hydrogen) atoms. The van der Waals surface area contributed by atoms with Crippen LogP contribution in [0.25, 0.3) is 0 Å². The first-order chi connectivity index (χ1) is 11.7. The molecule has 1 saturated carbocycles. The maximum atomic E-state index is 13.8. The van der Waals surface area contributed by atoms with Gasteiger partial charge in [0, 0.05) is 18.1 Å². The number of benzene rings is 1. The van der Waals surface area contributed by atoms with Crippen molar-refractivity contribution in [1.82, 2.24) is 10.6 Å². The quantitative estimate of drug-likeness (QED) is 0.891. The highest BCUT2D eigenvalue weighted by molar-refractivity contribution is 5.88. The van der Waals surface area contributed by atoms with E-state index in [1.165, 1.54) is 25.3 Å². The highest BCUT2D eigenvalue weighted by atomic mass is 19.1. The Morgan fingerprint density at radius 3 is 2.50 bits per heavy atom. The number of piperidine rings is 1. The number of halogens is 1. The summed E-state index contributed by atoms with van der Waals surface area (Å²) in [6.07, 6.45) is 9.44. The molecule has 4 heteroatoms. The SMILES string of the molecule is O=C(NC1CC2CCC(C1)N2)C1(c2cccc(F)c2)CCCCC1. The third-order valence-electron chi connectivity index (χ3n) is 6.33. The minimum Gasteiger partial charge on any atom is -0.352 e. The third-order valence-corrected chi connectivity index (χ3v) is 6.33. The molecule has 1 aromatic carbocycles. The van der Waals surface area contributed by atoms with Crippen LogP contribution >= 0.6 is 0 Å². The molecule has 4 rings (SSSR count). The monoisotopic (exact) mass is 330 g/mol. The van der Waals surface area contributed by atoms with E-state index >= 15 is 0 Å². The maximum absolute atomic E-state index is 13.8. The van der Waals surface area contributed by atoms with Crippen LogP contribution in [0, 0.1) is 5.82 Å². The second-order valence-corrected chi connectivity index (χ2v) is 7.93. The predicted octanol–water partition coefficient (Wildman–Crippen LogP) is 3.43. The number of amides is 1. The van der Waals surface area contributed by atoms with Gasteiger partial charge in [0.05, 0.1) is 5.41 Å². The van der Waals surface area contributed by atoms with Crippen LogP contribution in [0.5, 0.6) is 0 Å². The Balaban J connectivity index is 1.55. The number of fused-ring (bicyclic) bond motifs is 2. The van der Waals surface area contributed by atoms with Crippen molar-refractivity contribution in [2.75, 3.05) is 0 Å². The van der Waals surface area contributed by atoms with Gasteiger partial charge < -0.3 is 10.6 Å².